The second-order valence-electron chi connectivity index (χ2n) is 4.51. The van der Waals surface area contributed by atoms with E-state index in [0.717, 1.165) is 0 Å². The summed E-state index contributed by atoms with van der Waals surface area (Å²) in [6.07, 6.45) is 0. The maximum atomic E-state index is 8.16. The Morgan fingerprint density at radius 2 is 1.42 bits per heavy atom. The summed E-state index contributed by atoms with van der Waals surface area (Å²) >= 11 is 0. The van der Waals surface area contributed by atoms with Crippen LogP contribution < -0.4 is 24.8 Å². The topological polar surface area (TPSA) is 20.2 Å². The largest absolute Gasteiger partial charge is 3.00 e. The summed E-state index contributed by atoms with van der Waals surface area (Å²) in [5, 5.41) is 2.82. The molecule has 0 fully saturated rings. The Hall–Kier alpha value is 0.470. The van der Waals surface area contributed by atoms with Crippen LogP contribution in [0.15, 0.2) is 24.3 Å². The van der Waals surface area contributed by atoms with Crippen LogP contribution in [0.25, 0.3) is 10.8 Å². The van der Waals surface area contributed by atoms with E-state index < -0.39 is 9.04 Å². The fraction of sp³-hybridized carbons (Fsp3) is 0.357. The van der Waals surface area contributed by atoms with Crippen LogP contribution >= 0.6 is 0 Å². The van der Waals surface area contributed by atoms with Gasteiger partial charge in [0.2, 0.25) is 0 Å². The molecule has 0 unspecified atom stereocenters. The van der Waals surface area contributed by atoms with E-state index in [9.17, 15) is 0 Å². The number of hydrogen-bond acceptors (Lipinski definition) is 1. The Kier molecular flexibility index (Phi) is 14.4. The van der Waals surface area contributed by atoms with Gasteiger partial charge in [0, 0.05) is 0 Å². The molecule has 104 valence electrons. The van der Waals surface area contributed by atoms with E-state index in [1.165, 1.54) is 27.5 Å². The van der Waals surface area contributed by atoms with E-state index in [1.54, 1.807) is 0 Å². The van der Waals surface area contributed by atoms with E-state index in [2.05, 4.69) is 45.0 Å². The SMILES string of the molecule is C[Si](C)O.Cc1cc2c(C)ccc(C)c2[cH-]1.[Cl-].[Cl-].[Zr+3]. The van der Waals surface area contributed by atoms with E-state index in [1.807, 2.05) is 13.1 Å². The van der Waals surface area contributed by atoms with Crippen LogP contribution in [0.2, 0.25) is 13.1 Å². The fourth-order valence-electron chi connectivity index (χ4n) is 1.73. The molecule has 0 aliphatic rings. The third-order valence-electron chi connectivity index (χ3n) is 2.47. The molecule has 0 heterocycles. The second-order valence-corrected chi connectivity index (χ2v) is 6.40. The summed E-state index contributed by atoms with van der Waals surface area (Å²) < 4.78 is 0. The summed E-state index contributed by atoms with van der Waals surface area (Å²) in [5.74, 6) is 0. The summed E-state index contributed by atoms with van der Waals surface area (Å²) in [7, 11) is -0.880. The van der Waals surface area contributed by atoms with Crippen molar-refractivity contribution in [1.82, 2.24) is 0 Å². The molecule has 5 heteroatoms. The number of hydrogen-bond donors (Lipinski definition) is 1. The van der Waals surface area contributed by atoms with Gasteiger partial charge in [-0.25, -0.2) is 0 Å². The Bertz CT molecular complexity index is 442. The van der Waals surface area contributed by atoms with Crippen LogP contribution in [0.5, 0.6) is 0 Å². The number of rotatable bonds is 0. The van der Waals surface area contributed by atoms with Gasteiger partial charge in [-0.1, -0.05) is 25.5 Å². The molecular formula is C14H20Cl2OSiZr. The maximum absolute atomic E-state index is 8.16. The smallest absolute Gasteiger partial charge is 1.00 e. The van der Waals surface area contributed by atoms with Gasteiger partial charge in [-0.05, 0) is 20.0 Å². The van der Waals surface area contributed by atoms with Gasteiger partial charge in [-0.2, -0.15) is 6.07 Å². The van der Waals surface area contributed by atoms with Crippen LogP contribution in [-0.4, -0.2) is 13.8 Å². The van der Waals surface area contributed by atoms with E-state index in [4.69, 9.17) is 4.80 Å². The third-order valence-corrected chi connectivity index (χ3v) is 2.47. The molecule has 0 saturated carbocycles. The van der Waals surface area contributed by atoms with Crippen molar-refractivity contribution in [3.63, 3.8) is 0 Å². The van der Waals surface area contributed by atoms with Crippen molar-refractivity contribution in [1.29, 1.82) is 0 Å². The Balaban J connectivity index is -0.000000329. The maximum Gasteiger partial charge on any atom is 3.00 e. The minimum Gasteiger partial charge on any atom is -1.00 e. The second kappa shape index (κ2) is 11.2. The van der Waals surface area contributed by atoms with Gasteiger partial charge < -0.3 is 29.6 Å². The molecule has 0 bridgehead atoms. The Labute approximate surface area is 149 Å². The summed E-state index contributed by atoms with van der Waals surface area (Å²) in [6.45, 7) is 10.1. The third kappa shape index (κ3) is 7.72. The molecule has 2 aromatic carbocycles. The minimum absolute atomic E-state index is 0. The molecule has 2 radical (unpaired) electrons. The number of fused-ring (bicyclic) bond motifs is 1. The average Bonchev–Trinajstić information content (AvgIpc) is 2.54. The van der Waals surface area contributed by atoms with Crippen molar-refractivity contribution >= 4 is 19.8 Å². The standard InChI is InChI=1S/C12H13.C2H7OSi.2ClH.Zr/c1-8-6-11-9(2)4-5-10(3)12(11)7-8;1-4(2)3;;;/h4-7H,1-3H3;3H,1-2H3;2*1H;/q-1;;;;+3/p-2. The predicted octanol–water partition coefficient (Wildman–Crippen LogP) is -2.28. The molecule has 0 saturated heterocycles. The molecular weight excluding hydrogens is 374 g/mol. The van der Waals surface area contributed by atoms with Gasteiger partial charge in [-0.15, -0.1) is 34.0 Å². The van der Waals surface area contributed by atoms with E-state index >= 15 is 0 Å². The number of halogens is 2. The van der Waals surface area contributed by atoms with Crippen molar-refractivity contribution in [2.24, 2.45) is 0 Å². The van der Waals surface area contributed by atoms with Crippen LogP contribution in [0.3, 0.4) is 0 Å². The van der Waals surface area contributed by atoms with Gasteiger partial charge in [0.25, 0.3) is 0 Å². The Morgan fingerprint density at radius 1 is 1.00 bits per heavy atom. The van der Waals surface area contributed by atoms with Crippen LogP contribution in [0, 0.1) is 20.8 Å². The normalized spacial score (nSPS) is 8.79. The molecule has 1 N–H and O–H groups in total. The van der Waals surface area contributed by atoms with E-state index in [0.29, 0.717) is 0 Å². The summed E-state index contributed by atoms with van der Waals surface area (Å²) in [4.78, 5) is 8.16. The Morgan fingerprint density at radius 3 is 1.84 bits per heavy atom. The summed E-state index contributed by atoms with van der Waals surface area (Å²) in [6, 6.07) is 8.91. The zero-order valence-electron chi connectivity index (χ0n) is 12.0. The molecule has 0 aliphatic carbocycles. The van der Waals surface area contributed by atoms with Crippen molar-refractivity contribution in [3.8, 4) is 0 Å². The van der Waals surface area contributed by atoms with Crippen LogP contribution in [0.4, 0.5) is 0 Å². The van der Waals surface area contributed by atoms with Gasteiger partial charge in [0.05, 0.1) is 0 Å². The van der Waals surface area contributed by atoms with Gasteiger partial charge in [0.1, 0.15) is 0 Å². The number of benzene rings is 1. The van der Waals surface area contributed by atoms with Gasteiger partial charge >= 0.3 is 26.2 Å². The van der Waals surface area contributed by atoms with E-state index in [-0.39, 0.29) is 51.0 Å². The average molecular weight is 395 g/mol. The van der Waals surface area contributed by atoms with Crippen molar-refractivity contribution in [3.05, 3.63) is 41.0 Å². The first-order valence-electron chi connectivity index (χ1n) is 5.54. The first-order valence-corrected chi connectivity index (χ1v) is 7.99. The molecule has 1 nitrogen and oxygen atoms in total. The molecule has 19 heavy (non-hydrogen) atoms. The monoisotopic (exact) mass is 392 g/mol. The minimum atomic E-state index is -0.880. The quantitative estimate of drug-likeness (QED) is 0.394. The molecule has 0 aliphatic heterocycles. The first-order chi connectivity index (χ1) is 7.41. The van der Waals surface area contributed by atoms with Crippen LogP contribution in [0.1, 0.15) is 16.7 Å². The molecule has 0 atom stereocenters. The molecule has 0 amide bonds. The van der Waals surface area contributed by atoms with Crippen LogP contribution in [-0.2, 0) is 26.2 Å². The first kappa shape index (κ1) is 24.5. The molecule has 0 aromatic heterocycles. The number of aryl methyl sites for hydroxylation is 3. The van der Waals surface area contributed by atoms with Crippen molar-refractivity contribution in [2.45, 2.75) is 33.9 Å². The molecule has 2 aromatic rings. The zero-order valence-corrected chi connectivity index (χ0v) is 17.0. The van der Waals surface area contributed by atoms with Gasteiger partial charge in [0.15, 0.2) is 9.04 Å². The van der Waals surface area contributed by atoms with Gasteiger partial charge in [-0.3, -0.25) is 0 Å². The zero-order chi connectivity index (χ0) is 12.3. The molecule has 2 rings (SSSR count). The molecule has 0 spiro atoms. The summed E-state index contributed by atoms with van der Waals surface area (Å²) in [5.41, 5.74) is 4.12. The predicted molar refractivity (Wildman–Crippen MR) is 73.5 cm³/mol. The van der Waals surface area contributed by atoms with Crippen molar-refractivity contribution < 1.29 is 55.8 Å². The fourth-order valence-corrected chi connectivity index (χ4v) is 1.73. The van der Waals surface area contributed by atoms with Crippen molar-refractivity contribution in [2.75, 3.05) is 0 Å².